The first-order valence-electron chi connectivity index (χ1n) is 13.7. The van der Waals surface area contributed by atoms with E-state index in [-0.39, 0.29) is 41.0 Å². The van der Waals surface area contributed by atoms with Gasteiger partial charge in [0.1, 0.15) is 0 Å². The van der Waals surface area contributed by atoms with E-state index in [0.29, 0.717) is 61.1 Å². The van der Waals surface area contributed by atoms with Crippen molar-refractivity contribution in [2.45, 2.75) is 64.3 Å². The maximum absolute atomic E-state index is 13.6. The van der Waals surface area contributed by atoms with Crippen LogP contribution in [0.3, 0.4) is 0 Å². The Balaban J connectivity index is 1.55. The fourth-order valence-corrected chi connectivity index (χ4v) is 6.15. The second-order valence-corrected chi connectivity index (χ2v) is 12.8. The maximum atomic E-state index is 13.6. The summed E-state index contributed by atoms with van der Waals surface area (Å²) in [4.78, 5) is 44.5. The highest BCUT2D eigenvalue weighted by Gasteiger charge is 2.39. The van der Waals surface area contributed by atoms with E-state index in [0.717, 1.165) is 5.56 Å². The third kappa shape index (κ3) is 6.60. The fraction of sp³-hybridized carbons (Fsp3) is 0.516. The van der Waals surface area contributed by atoms with Crippen LogP contribution in [0.15, 0.2) is 42.5 Å². The number of piperidine rings is 2. The van der Waals surface area contributed by atoms with E-state index in [1.165, 1.54) is 5.56 Å². The molecular weight excluding hydrogens is 533 g/mol. The number of benzene rings is 2. The van der Waals surface area contributed by atoms with Crippen molar-refractivity contribution in [3.8, 4) is 0 Å². The lowest BCUT2D eigenvalue weighted by atomic mass is 9.83. The zero-order valence-corrected chi connectivity index (χ0v) is 25.1. The van der Waals surface area contributed by atoms with Gasteiger partial charge in [-0.15, -0.1) is 0 Å². The highest BCUT2D eigenvalue weighted by Crippen LogP contribution is 2.36. The van der Waals surface area contributed by atoms with E-state index >= 15 is 0 Å². The van der Waals surface area contributed by atoms with Gasteiger partial charge in [-0.3, -0.25) is 14.4 Å². The first-order valence-corrected chi connectivity index (χ1v) is 14.5. The second kappa shape index (κ2) is 11.9. The van der Waals surface area contributed by atoms with Gasteiger partial charge in [-0.1, -0.05) is 62.2 Å². The van der Waals surface area contributed by atoms with Crippen molar-refractivity contribution in [2.75, 3.05) is 33.2 Å². The predicted molar refractivity (Wildman–Crippen MR) is 156 cm³/mol. The summed E-state index contributed by atoms with van der Waals surface area (Å²) in [6.45, 7) is 10.3. The first-order chi connectivity index (χ1) is 18.4. The van der Waals surface area contributed by atoms with Crippen molar-refractivity contribution in [2.24, 2.45) is 5.92 Å². The SMILES string of the molecule is CC(=O)N1CCC(C(=O)N2CCC(N(C)C(=O)c3ccc(C(C)(C)C)cc3)C(c3ccc(Cl)c(Cl)c3)C2)CC1. The Kier molecular flexibility index (Phi) is 8.97. The lowest BCUT2D eigenvalue weighted by molar-refractivity contribution is -0.141. The van der Waals surface area contributed by atoms with Crippen LogP contribution >= 0.6 is 23.2 Å². The molecule has 0 spiro atoms. The Labute approximate surface area is 242 Å². The minimum Gasteiger partial charge on any atom is -0.343 e. The van der Waals surface area contributed by atoms with Crippen molar-refractivity contribution in [1.29, 1.82) is 0 Å². The quantitative estimate of drug-likeness (QED) is 0.451. The number of halogens is 2. The third-order valence-corrected chi connectivity index (χ3v) is 9.10. The molecule has 8 heteroatoms. The number of carbonyl (C=O) groups excluding carboxylic acids is 3. The van der Waals surface area contributed by atoms with Crippen LogP contribution in [0.1, 0.15) is 74.4 Å². The highest BCUT2D eigenvalue weighted by atomic mass is 35.5. The van der Waals surface area contributed by atoms with Crippen molar-refractivity contribution in [1.82, 2.24) is 14.7 Å². The summed E-state index contributed by atoms with van der Waals surface area (Å²) in [5.41, 5.74) is 2.79. The first kappa shape index (κ1) is 29.4. The van der Waals surface area contributed by atoms with Gasteiger partial charge in [-0.2, -0.15) is 0 Å². The lowest BCUT2D eigenvalue weighted by Crippen LogP contribution is -2.53. The van der Waals surface area contributed by atoms with Crippen LogP contribution in [-0.4, -0.2) is 71.7 Å². The van der Waals surface area contributed by atoms with Crippen molar-refractivity contribution >= 4 is 40.9 Å². The molecule has 2 aliphatic heterocycles. The molecule has 0 N–H and O–H groups in total. The molecule has 2 aliphatic rings. The molecule has 4 rings (SSSR count). The zero-order valence-electron chi connectivity index (χ0n) is 23.5. The molecule has 2 heterocycles. The zero-order chi connectivity index (χ0) is 28.5. The second-order valence-electron chi connectivity index (χ2n) is 11.9. The number of likely N-dealkylation sites (tertiary alicyclic amines) is 2. The van der Waals surface area contributed by atoms with Gasteiger partial charge in [0.25, 0.3) is 5.91 Å². The number of likely N-dealkylation sites (N-methyl/N-ethyl adjacent to an activating group) is 1. The van der Waals surface area contributed by atoms with Crippen molar-refractivity contribution in [3.05, 3.63) is 69.2 Å². The Morgan fingerprint density at radius 1 is 0.872 bits per heavy atom. The average molecular weight is 573 g/mol. The standard InChI is InChI=1S/C31H39Cl2N3O3/c1-20(37)35-15-12-22(13-16-35)30(39)36-17-14-28(25(19-36)23-8-11-26(32)27(33)18-23)34(5)29(38)21-6-9-24(10-7-21)31(2,3)4/h6-11,18,22,25,28H,12-17,19H2,1-5H3. The average Bonchev–Trinajstić information content (AvgIpc) is 2.92. The topological polar surface area (TPSA) is 60.9 Å². The minimum absolute atomic E-state index is 0.00841. The molecular formula is C31H39Cl2N3O3. The molecule has 0 saturated carbocycles. The van der Waals surface area contributed by atoms with Crippen LogP contribution in [0, 0.1) is 5.92 Å². The highest BCUT2D eigenvalue weighted by molar-refractivity contribution is 6.42. The summed E-state index contributed by atoms with van der Waals surface area (Å²) in [5.74, 6) is -0.0534. The van der Waals surface area contributed by atoms with E-state index < -0.39 is 0 Å². The van der Waals surface area contributed by atoms with E-state index in [1.54, 1.807) is 13.0 Å². The fourth-order valence-electron chi connectivity index (χ4n) is 5.84. The predicted octanol–water partition coefficient (Wildman–Crippen LogP) is 6.01. The maximum Gasteiger partial charge on any atom is 0.253 e. The molecule has 0 aliphatic carbocycles. The number of rotatable bonds is 4. The minimum atomic E-state index is -0.113. The molecule has 2 aromatic rings. The summed E-state index contributed by atoms with van der Waals surface area (Å²) in [6.07, 6.45) is 2.02. The normalized spacial score (nSPS) is 20.6. The van der Waals surface area contributed by atoms with Crippen LogP contribution < -0.4 is 0 Å². The number of nitrogens with zero attached hydrogens (tertiary/aromatic N) is 3. The van der Waals surface area contributed by atoms with E-state index in [9.17, 15) is 14.4 Å². The van der Waals surface area contributed by atoms with Crippen molar-refractivity contribution in [3.63, 3.8) is 0 Å². The number of amides is 3. The third-order valence-electron chi connectivity index (χ3n) is 8.37. The van der Waals surface area contributed by atoms with Gasteiger partial charge in [-0.25, -0.2) is 0 Å². The monoisotopic (exact) mass is 571 g/mol. The molecule has 2 unspecified atom stereocenters. The number of carbonyl (C=O) groups is 3. The smallest absolute Gasteiger partial charge is 0.253 e. The Morgan fingerprint density at radius 2 is 1.49 bits per heavy atom. The number of hydrogen-bond acceptors (Lipinski definition) is 3. The molecule has 39 heavy (non-hydrogen) atoms. The van der Waals surface area contributed by atoms with Crippen LogP contribution in [0.2, 0.25) is 10.0 Å². The Hall–Kier alpha value is -2.57. The van der Waals surface area contributed by atoms with Crippen LogP contribution in [0.5, 0.6) is 0 Å². The summed E-state index contributed by atoms with van der Waals surface area (Å²) in [7, 11) is 1.85. The molecule has 0 bridgehead atoms. The molecule has 3 amide bonds. The van der Waals surface area contributed by atoms with Crippen molar-refractivity contribution < 1.29 is 14.4 Å². The summed E-state index contributed by atoms with van der Waals surface area (Å²) in [6, 6.07) is 13.3. The molecule has 0 radical (unpaired) electrons. The van der Waals surface area contributed by atoms with Gasteiger partial charge in [0, 0.05) is 63.6 Å². The molecule has 2 fully saturated rings. The number of hydrogen-bond donors (Lipinski definition) is 0. The van der Waals surface area contributed by atoms with E-state index in [4.69, 9.17) is 23.2 Å². The van der Waals surface area contributed by atoms with Gasteiger partial charge in [0.2, 0.25) is 11.8 Å². The summed E-state index contributed by atoms with van der Waals surface area (Å²) < 4.78 is 0. The van der Waals surface area contributed by atoms with Gasteiger partial charge in [0.15, 0.2) is 0 Å². The molecule has 2 aromatic carbocycles. The molecule has 210 valence electrons. The molecule has 2 saturated heterocycles. The molecule has 2 atom stereocenters. The largest absolute Gasteiger partial charge is 0.343 e. The Morgan fingerprint density at radius 3 is 2.05 bits per heavy atom. The van der Waals surface area contributed by atoms with Gasteiger partial charge >= 0.3 is 0 Å². The summed E-state index contributed by atoms with van der Waals surface area (Å²) >= 11 is 12.6. The van der Waals surface area contributed by atoms with E-state index in [2.05, 4.69) is 20.8 Å². The molecule has 0 aromatic heterocycles. The van der Waals surface area contributed by atoms with Crippen LogP contribution in [0.4, 0.5) is 0 Å². The van der Waals surface area contributed by atoms with Gasteiger partial charge < -0.3 is 14.7 Å². The van der Waals surface area contributed by atoms with Gasteiger partial charge in [-0.05, 0) is 60.1 Å². The molecule has 6 nitrogen and oxygen atoms in total. The summed E-state index contributed by atoms with van der Waals surface area (Å²) in [5, 5.41) is 0.932. The van der Waals surface area contributed by atoms with Gasteiger partial charge in [0.05, 0.1) is 10.0 Å². The Bertz CT molecular complexity index is 1220. The lowest BCUT2D eigenvalue weighted by Gasteiger charge is -2.44. The van der Waals surface area contributed by atoms with Crippen LogP contribution in [-0.2, 0) is 15.0 Å². The van der Waals surface area contributed by atoms with E-state index in [1.807, 2.05) is 58.1 Å². The van der Waals surface area contributed by atoms with Crippen LogP contribution in [0.25, 0.3) is 0 Å².